The van der Waals surface area contributed by atoms with E-state index in [9.17, 15) is 9.59 Å². The Kier molecular flexibility index (Phi) is 5.38. The van der Waals surface area contributed by atoms with Crippen LogP contribution in [0.2, 0.25) is 5.02 Å². The Morgan fingerprint density at radius 1 is 1.05 bits per heavy atom. The van der Waals surface area contributed by atoms with Gasteiger partial charge in [0.1, 0.15) is 0 Å². The van der Waals surface area contributed by atoms with Crippen molar-refractivity contribution in [3.8, 4) is 0 Å². The number of halogens is 1. The lowest BCUT2D eigenvalue weighted by Crippen LogP contribution is -2.31. The number of anilines is 1. The van der Waals surface area contributed by atoms with Crippen molar-refractivity contribution in [3.63, 3.8) is 0 Å². The van der Waals surface area contributed by atoms with Crippen molar-refractivity contribution in [2.45, 2.75) is 13.0 Å². The van der Waals surface area contributed by atoms with Crippen molar-refractivity contribution in [2.24, 2.45) is 10.2 Å². The number of carbonyl (C=O) groups excluding carboxylic acids is 2. The molecule has 6 heteroatoms. The van der Waals surface area contributed by atoms with Crippen molar-refractivity contribution < 1.29 is 9.59 Å². The van der Waals surface area contributed by atoms with Gasteiger partial charge in [0.15, 0.2) is 5.78 Å². The molecule has 1 N–H and O–H groups in total. The molecule has 0 fully saturated rings. The van der Waals surface area contributed by atoms with Crippen LogP contribution in [0.5, 0.6) is 0 Å². The molecule has 2 rings (SSSR count). The van der Waals surface area contributed by atoms with E-state index in [0.29, 0.717) is 16.4 Å². The van der Waals surface area contributed by atoms with Gasteiger partial charge in [-0.3, -0.25) is 9.59 Å². The van der Waals surface area contributed by atoms with E-state index in [1.54, 1.807) is 48.5 Å². The number of benzene rings is 2. The van der Waals surface area contributed by atoms with E-state index in [0.717, 1.165) is 0 Å². The maximum Gasteiger partial charge on any atom is 0.258 e. The predicted octanol–water partition coefficient (Wildman–Crippen LogP) is 4.02. The molecule has 0 saturated carbocycles. The number of hydrogen-bond donors (Lipinski definition) is 1. The molecule has 0 aliphatic heterocycles. The van der Waals surface area contributed by atoms with Gasteiger partial charge >= 0.3 is 0 Å². The first kappa shape index (κ1) is 15.9. The van der Waals surface area contributed by atoms with Crippen molar-refractivity contribution in [3.05, 3.63) is 59.6 Å². The molecule has 1 amide bonds. The smallest absolute Gasteiger partial charge is 0.258 e. The molecule has 0 spiro atoms. The molecule has 2 aromatic carbocycles. The summed E-state index contributed by atoms with van der Waals surface area (Å²) < 4.78 is 0. The number of ketones is 1. The van der Waals surface area contributed by atoms with Gasteiger partial charge in [-0.25, -0.2) is 0 Å². The molecule has 0 radical (unpaired) electrons. The Morgan fingerprint density at radius 2 is 1.68 bits per heavy atom. The zero-order valence-electron chi connectivity index (χ0n) is 11.9. The second-order valence-corrected chi connectivity index (χ2v) is 5.00. The first-order valence-electron chi connectivity index (χ1n) is 6.59. The van der Waals surface area contributed by atoms with E-state index >= 15 is 0 Å². The lowest BCUT2D eigenvalue weighted by molar-refractivity contribution is -0.126. The number of nitrogens with zero attached hydrogens (tertiary/aromatic N) is 2. The number of hydrogen-bond acceptors (Lipinski definition) is 4. The Balaban J connectivity index is 2.11. The largest absolute Gasteiger partial charge is 0.324 e. The molecule has 5 nitrogen and oxygen atoms in total. The van der Waals surface area contributed by atoms with Gasteiger partial charge in [-0.05, 0) is 43.3 Å². The van der Waals surface area contributed by atoms with Gasteiger partial charge in [0.05, 0.1) is 5.69 Å². The van der Waals surface area contributed by atoms with Crippen molar-refractivity contribution >= 4 is 34.7 Å². The van der Waals surface area contributed by atoms with Crippen LogP contribution in [0.3, 0.4) is 0 Å². The Hall–Kier alpha value is -2.53. The van der Waals surface area contributed by atoms with E-state index in [1.807, 2.05) is 6.07 Å². The lowest BCUT2D eigenvalue weighted by Gasteiger charge is -2.09. The Morgan fingerprint density at radius 3 is 2.27 bits per heavy atom. The fourth-order valence-corrected chi connectivity index (χ4v) is 1.81. The molecule has 0 aliphatic rings. The standard InChI is InChI=1S/C16H14ClN3O2/c1-11(21)15(16(22)18-13-5-3-2-4-6-13)20-19-14-9-7-12(17)8-10-14/h2-10,15H,1H3,(H,18,22). The minimum absolute atomic E-state index is 0.383. The third-order valence-corrected chi connectivity index (χ3v) is 3.04. The number of amides is 1. The highest BCUT2D eigenvalue weighted by Gasteiger charge is 2.23. The van der Waals surface area contributed by atoms with Gasteiger partial charge in [-0.15, -0.1) is 0 Å². The molecular formula is C16H14ClN3O2. The van der Waals surface area contributed by atoms with Crippen LogP contribution in [0.1, 0.15) is 6.92 Å². The fourth-order valence-electron chi connectivity index (χ4n) is 1.68. The van der Waals surface area contributed by atoms with Crippen LogP contribution < -0.4 is 5.32 Å². The molecule has 1 atom stereocenters. The highest BCUT2D eigenvalue weighted by molar-refractivity contribution is 6.30. The summed E-state index contributed by atoms with van der Waals surface area (Å²) >= 11 is 5.78. The molecule has 0 bridgehead atoms. The zero-order valence-corrected chi connectivity index (χ0v) is 12.6. The summed E-state index contributed by atoms with van der Waals surface area (Å²) in [7, 11) is 0. The molecule has 0 aromatic heterocycles. The van der Waals surface area contributed by atoms with Crippen LogP contribution >= 0.6 is 11.6 Å². The molecule has 0 saturated heterocycles. The van der Waals surface area contributed by atoms with Gasteiger partial charge in [0.25, 0.3) is 5.91 Å². The summed E-state index contributed by atoms with van der Waals surface area (Å²) in [6.07, 6.45) is 0. The molecule has 112 valence electrons. The summed E-state index contributed by atoms with van der Waals surface area (Å²) in [6, 6.07) is 14.3. The highest BCUT2D eigenvalue weighted by atomic mass is 35.5. The molecule has 0 aliphatic carbocycles. The number of azo groups is 1. The second kappa shape index (κ2) is 7.47. The van der Waals surface area contributed by atoms with Crippen LogP contribution in [0, 0.1) is 0 Å². The summed E-state index contributed by atoms with van der Waals surface area (Å²) in [4.78, 5) is 23.7. The van der Waals surface area contributed by atoms with E-state index in [2.05, 4.69) is 15.5 Å². The lowest BCUT2D eigenvalue weighted by atomic mass is 10.2. The van der Waals surface area contributed by atoms with E-state index in [-0.39, 0.29) is 5.78 Å². The van der Waals surface area contributed by atoms with Crippen LogP contribution in [0.4, 0.5) is 11.4 Å². The van der Waals surface area contributed by atoms with Gasteiger partial charge in [0.2, 0.25) is 6.04 Å². The third kappa shape index (κ3) is 4.49. The first-order valence-corrected chi connectivity index (χ1v) is 6.97. The average molecular weight is 316 g/mol. The highest BCUT2D eigenvalue weighted by Crippen LogP contribution is 2.17. The monoisotopic (exact) mass is 315 g/mol. The van der Waals surface area contributed by atoms with Crippen LogP contribution in [0.15, 0.2) is 64.8 Å². The van der Waals surface area contributed by atoms with E-state index in [4.69, 9.17) is 11.6 Å². The predicted molar refractivity (Wildman–Crippen MR) is 85.5 cm³/mol. The SMILES string of the molecule is CC(=O)C(N=Nc1ccc(Cl)cc1)C(=O)Nc1ccccc1. The van der Waals surface area contributed by atoms with Crippen molar-refractivity contribution in [2.75, 3.05) is 5.32 Å². The van der Waals surface area contributed by atoms with Gasteiger partial charge in [-0.1, -0.05) is 29.8 Å². The first-order chi connectivity index (χ1) is 10.6. The number of Topliss-reactive ketones (excluding diaryl/α,β-unsaturated/α-hetero) is 1. The van der Waals surface area contributed by atoms with E-state index < -0.39 is 11.9 Å². The molecule has 22 heavy (non-hydrogen) atoms. The molecule has 1 unspecified atom stereocenters. The summed E-state index contributed by atoms with van der Waals surface area (Å²) in [5.41, 5.74) is 1.11. The van der Waals surface area contributed by atoms with Gasteiger partial charge in [-0.2, -0.15) is 10.2 Å². The number of para-hydroxylation sites is 1. The number of rotatable bonds is 5. The summed E-state index contributed by atoms with van der Waals surface area (Å²) in [5, 5.41) is 11.0. The van der Waals surface area contributed by atoms with Gasteiger partial charge < -0.3 is 5.32 Å². The van der Waals surface area contributed by atoms with Crippen LogP contribution in [-0.2, 0) is 9.59 Å². The summed E-state index contributed by atoms with van der Waals surface area (Å²) in [6.45, 7) is 1.30. The Labute approximate surface area is 133 Å². The van der Waals surface area contributed by atoms with Crippen LogP contribution in [-0.4, -0.2) is 17.7 Å². The zero-order chi connectivity index (χ0) is 15.9. The average Bonchev–Trinajstić information content (AvgIpc) is 2.50. The molecular weight excluding hydrogens is 302 g/mol. The van der Waals surface area contributed by atoms with E-state index in [1.165, 1.54) is 6.92 Å². The van der Waals surface area contributed by atoms with Crippen molar-refractivity contribution in [1.29, 1.82) is 0 Å². The minimum atomic E-state index is -1.18. The third-order valence-electron chi connectivity index (χ3n) is 2.79. The normalized spacial score (nSPS) is 12.1. The molecule has 2 aromatic rings. The van der Waals surface area contributed by atoms with Crippen LogP contribution in [0.25, 0.3) is 0 Å². The second-order valence-electron chi connectivity index (χ2n) is 4.56. The minimum Gasteiger partial charge on any atom is -0.324 e. The Bertz CT molecular complexity index is 684. The molecule has 0 heterocycles. The number of carbonyl (C=O) groups is 2. The maximum atomic E-state index is 12.1. The van der Waals surface area contributed by atoms with Gasteiger partial charge in [0, 0.05) is 10.7 Å². The fraction of sp³-hybridized carbons (Fsp3) is 0.125. The quantitative estimate of drug-likeness (QED) is 0.668. The maximum absolute atomic E-state index is 12.1. The summed E-state index contributed by atoms with van der Waals surface area (Å²) in [5.74, 6) is -0.900. The topological polar surface area (TPSA) is 70.9 Å². The van der Waals surface area contributed by atoms with Crippen molar-refractivity contribution in [1.82, 2.24) is 0 Å². The number of nitrogens with one attached hydrogen (secondary N) is 1.